The Hall–Kier alpha value is -3.20. The molecule has 0 unspecified atom stereocenters. The third kappa shape index (κ3) is 4.45. The molecule has 0 radical (unpaired) electrons. The second-order valence-electron chi connectivity index (χ2n) is 5.41. The summed E-state index contributed by atoms with van der Waals surface area (Å²) in [5.41, 5.74) is 0.899. The standard InChI is InChI=1S/C17H14N4O4S/c22-15(18-12-7-4-8-13(9-12)21(24)25)10-14-16(23)20-17(26-14)19-11-5-2-1-3-6-11/h1-9,14H,10H2,(H,18,22)(H,19,20,23)/t14-/m0/s1. The number of aliphatic imine (C=N–C) groups is 1. The average molecular weight is 370 g/mol. The second kappa shape index (κ2) is 7.79. The summed E-state index contributed by atoms with van der Waals surface area (Å²) in [5, 5.41) is 15.8. The Morgan fingerprint density at radius 3 is 2.73 bits per heavy atom. The molecule has 8 nitrogen and oxygen atoms in total. The molecule has 1 saturated heterocycles. The molecule has 1 aliphatic rings. The summed E-state index contributed by atoms with van der Waals surface area (Å²) in [5.74, 6) is -0.696. The molecule has 26 heavy (non-hydrogen) atoms. The number of carbonyl (C=O) groups is 2. The third-order valence-corrected chi connectivity index (χ3v) is 4.56. The number of hydrogen-bond donors (Lipinski definition) is 2. The highest BCUT2D eigenvalue weighted by molar-refractivity contribution is 8.15. The minimum atomic E-state index is -0.601. The number of nitrogens with one attached hydrogen (secondary N) is 2. The number of nitrogens with zero attached hydrogens (tertiary/aromatic N) is 2. The van der Waals surface area contributed by atoms with Gasteiger partial charge in [0.2, 0.25) is 11.8 Å². The van der Waals surface area contributed by atoms with E-state index in [1.807, 2.05) is 30.3 Å². The van der Waals surface area contributed by atoms with Crippen molar-refractivity contribution >= 4 is 45.8 Å². The molecule has 0 bridgehead atoms. The predicted molar refractivity (Wildman–Crippen MR) is 99.4 cm³/mol. The largest absolute Gasteiger partial charge is 0.326 e. The van der Waals surface area contributed by atoms with E-state index < -0.39 is 16.1 Å². The molecule has 1 heterocycles. The number of thioether (sulfide) groups is 1. The topological polar surface area (TPSA) is 114 Å². The van der Waals surface area contributed by atoms with Gasteiger partial charge >= 0.3 is 0 Å². The molecule has 9 heteroatoms. The van der Waals surface area contributed by atoms with Crippen LogP contribution in [0.2, 0.25) is 0 Å². The first-order valence-electron chi connectivity index (χ1n) is 7.67. The number of hydrogen-bond acceptors (Lipinski definition) is 6. The van der Waals surface area contributed by atoms with Crippen LogP contribution >= 0.6 is 11.8 Å². The number of para-hydroxylation sites is 1. The van der Waals surface area contributed by atoms with Crippen molar-refractivity contribution in [3.63, 3.8) is 0 Å². The van der Waals surface area contributed by atoms with Crippen molar-refractivity contribution in [1.82, 2.24) is 5.32 Å². The van der Waals surface area contributed by atoms with E-state index in [1.165, 1.54) is 30.0 Å². The van der Waals surface area contributed by atoms with Gasteiger partial charge in [0.1, 0.15) is 5.25 Å². The monoisotopic (exact) mass is 370 g/mol. The number of carbonyl (C=O) groups excluding carboxylic acids is 2. The minimum absolute atomic E-state index is 0.0625. The summed E-state index contributed by atoms with van der Waals surface area (Å²) >= 11 is 1.18. The number of rotatable bonds is 5. The molecular weight excluding hydrogens is 356 g/mol. The zero-order valence-corrected chi connectivity index (χ0v) is 14.2. The fourth-order valence-corrected chi connectivity index (χ4v) is 3.28. The van der Waals surface area contributed by atoms with Crippen LogP contribution in [0.15, 0.2) is 59.6 Å². The van der Waals surface area contributed by atoms with E-state index in [0.29, 0.717) is 16.5 Å². The smallest absolute Gasteiger partial charge is 0.271 e. The molecule has 0 aromatic heterocycles. The summed E-state index contributed by atoms with van der Waals surface area (Å²) in [6.07, 6.45) is -0.0625. The molecule has 2 aromatic rings. The molecular formula is C17H14N4O4S. The Morgan fingerprint density at radius 1 is 1.23 bits per heavy atom. The Bertz CT molecular complexity index is 885. The molecule has 0 aliphatic carbocycles. The maximum Gasteiger partial charge on any atom is 0.271 e. The maximum absolute atomic E-state index is 12.1. The summed E-state index contributed by atoms with van der Waals surface area (Å²) in [7, 11) is 0. The maximum atomic E-state index is 12.1. The Balaban J connectivity index is 1.61. The lowest BCUT2D eigenvalue weighted by molar-refractivity contribution is -0.384. The Kier molecular flexibility index (Phi) is 5.28. The predicted octanol–water partition coefficient (Wildman–Crippen LogP) is 2.84. The van der Waals surface area contributed by atoms with Crippen molar-refractivity contribution in [3.05, 3.63) is 64.7 Å². The van der Waals surface area contributed by atoms with E-state index >= 15 is 0 Å². The third-order valence-electron chi connectivity index (χ3n) is 3.47. The van der Waals surface area contributed by atoms with Gasteiger partial charge in [-0.15, -0.1) is 0 Å². The average Bonchev–Trinajstić information content (AvgIpc) is 2.95. The lowest BCUT2D eigenvalue weighted by Crippen LogP contribution is -2.28. The van der Waals surface area contributed by atoms with Crippen molar-refractivity contribution in [1.29, 1.82) is 0 Å². The molecule has 1 atom stereocenters. The summed E-state index contributed by atoms with van der Waals surface area (Å²) in [4.78, 5) is 38.7. The van der Waals surface area contributed by atoms with Gasteiger partial charge in [0.15, 0.2) is 5.17 Å². The highest BCUT2D eigenvalue weighted by Crippen LogP contribution is 2.25. The van der Waals surface area contributed by atoms with Gasteiger partial charge in [-0.3, -0.25) is 19.7 Å². The Morgan fingerprint density at radius 2 is 2.00 bits per heavy atom. The van der Waals surface area contributed by atoms with Crippen LogP contribution < -0.4 is 10.6 Å². The van der Waals surface area contributed by atoms with E-state index in [0.717, 1.165) is 0 Å². The molecule has 2 amide bonds. The van der Waals surface area contributed by atoms with E-state index in [9.17, 15) is 19.7 Å². The molecule has 2 N–H and O–H groups in total. The number of benzene rings is 2. The van der Waals surface area contributed by atoms with Crippen LogP contribution in [0.25, 0.3) is 0 Å². The van der Waals surface area contributed by atoms with Gasteiger partial charge < -0.3 is 10.6 Å². The molecule has 2 aromatic carbocycles. The van der Waals surface area contributed by atoms with Crippen LogP contribution in [0, 0.1) is 10.1 Å². The molecule has 1 fully saturated rings. The van der Waals surface area contributed by atoms with E-state index in [2.05, 4.69) is 15.6 Å². The first-order chi connectivity index (χ1) is 12.5. The SMILES string of the molecule is O=C(C[C@@H]1SC(=Nc2ccccc2)NC1=O)Nc1cccc([N+](=O)[O-])c1. The van der Waals surface area contributed by atoms with Gasteiger partial charge in [-0.2, -0.15) is 0 Å². The van der Waals surface area contributed by atoms with Crippen molar-refractivity contribution in [3.8, 4) is 0 Å². The molecule has 132 valence electrons. The number of amides is 2. The number of non-ortho nitro benzene ring substituents is 1. The fourth-order valence-electron chi connectivity index (χ4n) is 2.29. The zero-order chi connectivity index (χ0) is 18.5. The van der Waals surface area contributed by atoms with Gasteiger partial charge in [0.25, 0.3) is 5.69 Å². The van der Waals surface area contributed by atoms with E-state index in [4.69, 9.17) is 0 Å². The summed E-state index contributed by atoms with van der Waals surface area (Å²) in [6.45, 7) is 0. The lowest BCUT2D eigenvalue weighted by atomic mass is 10.2. The highest BCUT2D eigenvalue weighted by Gasteiger charge is 2.32. The van der Waals surface area contributed by atoms with Crippen LogP contribution in [0.3, 0.4) is 0 Å². The Labute approximate surface area is 152 Å². The quantitative estimate of drug-likeness (QED) is 0.620. The number of amidine groups is 1. The van der Waals surface area contributed by atoms with Gasteiger partial charge in [-0.1, -0.05) is 36.0 Å². The number of nitro benzene ring substituents is 1. The first-order valence-corrected chi connectivity index (χ1v) is 8.55. The lowest BCUT2D eigenvalue weighted by Gasteiger charge is -2.07. The highest BCUT2D eigenvalue weighted by atomic mass is 32.2. The second-order valence-corrected chi connectivity index (χ2v) is 6.60. The van der Waals surface area contributed by atoms with Crippen LogP contribution in [0.4, 0.5) is 17.1 Å². The van der Waals surface area contributed by atoms with Gasteiger partial charge in [-0.05, 0) is 18.2 Å². The first kappa shape index (κ1) is 17.6. The van der Waals surface area contributed by atoms with Crippen molar-refractivity contribution in [2.45, 2.75) is 11.7 Å². The van der Waals surface area contributed by atoms with Crippen molar-refractivity contribution in [2.24, 2.45) is 4.99 Å². The molecule has 0 spiro atoms. The van der Waals surface area contributed by atoms with Crippen LogP contribution in [0.1, 0.15) is 6.42 Å². The van der Waals surface area contributed by atoms with Crippen molar-refractivity contribution < 1.29 is 14.5 Å². The molecule has 0 saturated carbocycles. The number of nitro groups is 1. The van der Waals surface area contributed by atoms with Gasteiger partial charge in [0, 0.05) is 24.2 Å². The van der Waals surface area contributed by atoms with Crippen LogP contribution in [-0.2, 0) is 9.59 Å². The normalized spacial score (nSPS) is 17.8. The van der Waals surface area contributed by atoms with Crippen LogP contribution in [0.5, 0.6) is 0 Å². The summed E-state index contributed by atoms with van der Waals surface area (Å²) in [6, 6.07) is 14.8. The van der Waals surface area contributed by atoms with Crippen LogP contribution in [-0.4, -0.2) is 27.2 Å². The minimum Gasteiger partial charge on any atom is -0.326 e. The summed E-state index contributed by atoms with van der Waals surface area (Å²) < 4.78 is 0. The van der Waals surface area contributed by atoms with Gasteiger partial charge in [0.05, 0.1) is 10.6 Å². The zero-order valence-electron chi connectivity index (χ0n) is 13.4. The van der Waals surface area contributed by atoms with Crippen molar-refractivity contribution in [2.75, 3.05) is 5.32 Å². The van der Waals surface area contributed by atoms with E-state index in [1.54, 1.807) is 6.07 Å². The fraction of sp³-hybridized carbons (Fsp3) is 0.118. The van der Waals surface area contributed by atoms with E-state index in [-0.39, 0.29) is 18.0 Å². The molecule has 3 rings (SSSR count). The molecule has 1 aliphatic heterocycles. The number of anilines is 1. The van der Waals surface area contributed by atoms with Gasteiger partial charge in [-0.25, -0.2) is 4.99 Å².